The highest BCUT2D eigenvalue weighted by Crippen LogP contribution is 2.27. The molecule has 0 saturated heterocycles. The Kier molecular flexibility index (Phi) is 8.31. The highest BCUT2D eigenvalue weighted by molar-refractivity contribution is 6.30. The second kappa shape index (κ2) is 11.2. The molecule has 0 spiro atoms. The molecule has 0 aliphatic rings. The average Bonchev–Trinajstić information content (AvgIpc) is 3.24. The van der Waals surface area contributed by atoms with Crippen LogP contribution >= 0.6 is 11.6 Å². The Morgan fingerprint density at radius 1 is 1.18 bits per heavy atom. The van der Waals surface area contributed by atoms with Crippen LogP contribution in [0.4, 0.5) is 0 Å². The lowest BCUT2D eigenvalue weighted by molar-refractivity contribution is -0.152. The lowest BCUT2D eigenvalue weighted by Crippen LogP contribution is -2.44. The molecule has 8 nitrogen and oxygen atoms in total. The topological polar surface area (TPSA) is 122 Å². The Hall–Kier alpha value is -3.36. The maximum atomic E-state index is 12.6. The molecule has 0 aliphatic heterocycles. The summed E-state index contributed by atoms with van der Waals surface area (Å²) in [5.74, 6) is -1.80. The van der Waals surface area contributed by atoms with Crippen LogP contribution in [0.2, 0.25) is 5.02 Å². The highest BCUT2D eigenvalue weighted by atomic mass is 35.5. The summed E-state index contributed by atoms with van der Waals surface area (Å²) in [6.07, 6.45) is 0.476. The molecule has 0 radical (unpaired) electrons. The zero-order valence-corrected chi connectivity index (χ0v) is 19.7. The number of amides is 1. The summed E-state index contributed by atoms with van der Waals surface area (Å²) in [6.45, 7) is 3.75. The first-order chi connectivity index (χ1) is 16.2. The molecule has 9 heteroatoms. The van der Waals surface area contributed by atoms with Gasteiger partial charge in [0.2, 0.25) is 5.76 Å². The summed E-state index contributed by atoms with van der Waals surface area (Å²) in [5, 5.41) is 15.4. The van der Waals surface area contributed by atoms with Gasteiger partial charge >= 0.3 is 5.97 Å². The highest BCUT2D eigenvalue weighted by Gasteiger charge is 2.37. The van der Waals surface area contributed by atoms with Crippen molar-refractivity contribution in [2.75, 3.05) is 13.2 Å². The number of halogens is 1. The predicted octanol–water partition coefficient (Wildman–Crippen LogP) is 4.15. The van der Waals surface area contributed by atoms with E-state index in [4.69, 9.17) is 20.9 Å². The third-order valence-electron chi connectivity index (χ3n) is 5.51. The zero-order chi connectivity index (χ0) is 24.7. The van der Waals surface area contributed by atoms with Gasteiger partial charge in [-0.05, 0) is 55.5 Å². The largest absolute Gasteiger partial charge is 0.481 e. The molecule has 3 aromatic rings. The number of aliphatic carboxylic acids is 1. The smallest absolute Gasteiger partial charge is 0.311 e. The quantitative estimate of drug-likeness (QED) is 0.374. The predicted molar refractivity (Wildman–Crippen MR) is 128 cm³/mol. The van der Waals surface area contributed by atoms with Gasteiger partial charge in [-0.2, -0.15) is 5.16 Å². The lowest BCUT2D eigenvalue weighted by Gasteiger charge is -2.30. The van der Waals surface area contributed by atoms with E-state index in [2.05, 4.69) is 10.5 Å². The Morgan fingerprint density at radius 3 is 2.50 bits per heavy atom. The van der Waals surface area contributed by atoms with Gasteiger partial charge in [-0.25, -0.2) is 0 Å². The van der Waals surface area contributed by atoms with Crippen LogP contribution in [0.5, 0.6) is 0 Å². The monoisotopic (exact) mass is 486 g/mol. The summed E-state index contributed by atoms with van der Waals surface area (Å²) in [6, 6.07) is 15.7. The number of nitrogens with one attached hydrogen (secondary N) is 2. The van der Waals surface area contributed by atoms with E-state index in [-0.39, 0.29) is 18.8 Å². The first-order valence-corrected chi connectivity index (χ1v) is 11.2. The number of hydrogen-bond donors (Lipinski definition) is 3. The minimum Gasteiger partial charge on any atom is -0.481 e. The molecule has 1 amide bonds. The summed E-state index contributed by atoms with van der Waals surface area (Å²) in [5.41, 5.74) is 1.09. The molecule has 2 aromatic carbocycles. The molecule has 0 bridgehead atoms. The van der Waals surface area contributed by atoms with Crippen LogP contribution in [0.1, 0.15) is 36.4 Å². The number of aromatic nitrogens is 1. The molecule has 2 unspecified atom stereocenters. The number of hydrogen-bond acceptors (Lipinski definition) is 5. The molecular weight excluding hydrogens is 460 g/mol. The van der Waals surface area contributed by atoms with Gasteiger partial charge in [-0.1, -0.05) is 48.0 Å². The Bertz CT molecular complexity index is 1190. The van der Waals surface area contributed by atoms with Crippen LogP contribution in [0.15, 0.2) is 63.9 Å². The van der Waals surface area contributed by atoms with E-state index in [1.807, 2.05) is 42.5 Å². The normalized spacial score (nSPS) is 13.7. The van der Waals surface area contributed by atoms with Crippen molar-refractivity contribution < 1.29 is 24.0 Å². The van der Waals surface area contributed by atoms with E-state index in [1.165, 1.54) is 0 Å². The van der Waals surface area contributed by atoms with E-state index in [9.17, 15) is 19.5 Å². The number of carbonyl (C=O) groups excluding carboxylic acids is 1. The number of carboxylic acid groups (broad SMARTS) is 1. The van der Waals surface area contributed by atoms with Gasteiger partial charge in [-0.3, -0.25) is 14.4 Å². The van der Waals surface area contributed by atoms with E-state index >= 15 is 0 Å². The van der Waals surface area contributed by atoms with Gasteiger partial charge < -0.3 is 19.7 Å². The van der Waals surface area contributed by atoms with E-state index in [0.717, 1.165) is 22.8 Å². The van der Waals surface area contributed by atoms with Gasteiger partial charge in [-0.15, -0.1) is 0 Å². The fraction of sp³-hybridized carbons (Fsp3) is 0.320. The van der Waals surface area contributed by atoms with Crippen molar-refractivity contribution in [2.24, 2.45) is 5.41 Å². The van der Waals surface area contributed by atoms with Crippen LogP contribution < -0.4 is 10.9 Å². The molecule has 1 heterocycles. The number of ether oxygens (including phenoxy) is 1. The van der Waals surface area contributed by atoms with Crippen molar-refractivity contribution in [1.82, 2.24) is 10.5 Å². The van der Waals surface area contributed by atoms with Crippen molar-refractivity contribution in [3.05, 3.63) is 81.3 Å². The molecule has 34 heavy (non-hydrogen) atoms. The molecule has 0 saturated carbocycles. The first-order valence-electron chi connectivity index (χ1n) is 10.9. The summed E-state index contributed by atoms with van der Waals surface area (Å²) in [7, 11) is 0. The Morgan fingerprint density at radius 2 is 1.91 bits per heavy atom. The minimum atomic E-state index is -1.23. The molecule has 1 aromatic heterocycles. The van der Waals surface area contributed by atoms with E-state index < -0.39 is 28.9 Å². The number of H-pyrrole nitrogens is 1. The van der Waals surface area contributed by atoms with Gasteiger partial charge in [0.15, 0.2) is 0 Å². The van der Waals surface area contributed by atoms with Gasteiger partial charge in [0.25, 0.3) is 11.5 Å². The number of carboxylic acids is 1. The maximum Gasteiger partial charge on any atom is 0.311 e. The summed E-state index contributed by atoms with van der Waals surface area (Å²) < 4.78 is 10.3. The van der Waals surface area contributed by atoms with Crippen LogP contribution in [0, 0.1) is 5.41 Å². The second-order valence-corrected chi connectivity index (χ2v) is 8.80. The molecule has 0 aliphatic carbocycles. The number of rotatable bonds is 11. The number of carbonyl (C=O) groups is 2. The maximum absolute atomic E-state index is 12.6. The Balaban J connectivity index is 1.82. The van der Waals surface area contributed by atoms with Crippen LogP contribution in [-0.2, 0) is 16.0 Å². The van der Waals surface area contributed by atoms with Crippen LogP contribution in [-0.4, -0.2) is 41.4 Å². The van der Waals surface area contributed by atoms with Crippen LogP contribution in [0.25, 0.3) is 11.1 Å². The molecular formula is C25H27ClN2O6. The fourth-order valence-corrected chi connectivity index (χ4v) is 3.88. The van der Waals surface area contributed by atoms with Crippen molar-refractivity contribution >= 4 is 23.5 Å². The summed E-state index contributed by atoms with van der Waals surface area (Å²) in [4.78, 5) is 36.0. The Labute approximate surface area is 201 Å². The van der Waals surface area contributed by atoms with Gasteiger partial charge in [0.1, 0.15) is 0 Å². The summed E-state index contributed by atoms with van der Waals surface area (Å²) >= 11 is 6.09. The standard InChI is InChI=1S/C25H27ClN2O6/c1-3-33-15-25(2,24(31)32)14-20(27-23(30)21-13-22(29)28-34-21)11-16-7-9-17(10-8-16)18-5-4-6-19(26)12-18/h4-10,12-13,20H,3,11,14-15H2,1-2H3,(H,27,30)(H,28,29)(H,31,32). The number of benzene rings is 2. The van der Waals surface area contributed by atoms with Gasteiger partial charge in [0, 0.05) is 17.7 Å². The van der Waals surface area contributed by atoms with Crippen molar-refractivity contribution in [2.45, 2.75) is 32.7 Å². The van der Waals surface area contributed by atoms with Crippen molar-refractivity contribution in [3.8, 4) is 11.1 Å². The third-order valence-corrected chi connectivity index (χ3v) is 5.75. The molecule has 3 rings (SSSR count). The third kappa shape index (κ3) is 6.59. The molecule has 180 valence electrons. The average molecular weight is 487 g/mol. The lowest BCUT2D eigenvalue weighted by atomic mass is 9.82. The first kappa shape index (κ1) is 25.3. The molecule has 0 fully saturated rings. The van der Waals surface area contributed by atoms with Gasteiger partial charge in [0.05, 0.1) is 18.1 Å². The van der Waals surface area contributed by atoms with E-state index in [1.54, 1.807) is 19.9 Å². The SMILES string of the molecule is CCOCC(C)(CC(Cc1ccc(-c2cccc(Cl)c2)cc1)NC(=O)c1cc(=O)[nH]o1)C(=O)O. The molecule has 3 N–H and O–H groups in total. The van der Waals surface area contributed by atoms with Crippen LogP contribution in [0.3, 0.4) is 0 Å². The number of aromatic amines is 1. The van der Waals surface area contributed by atoms with Crippen molar-refractivity contribution in [3.63, 3.8) is 0 Å². The molecule has 2 atom stereocenters. The van der Waals surface area contributed by atoms with E-state index in [0.29, 0.717) is 18.1 Å². The zero-order valence-electron chi connectivity index (χ0n) is 19.0. The fourth-order valence-electron chi connectivity index (χ4n) is 3.69. The minimum absolute atomic E-state index is 0.00184. The second-order valence-electron chi connectivity index (χ2n) is 8.37. The van der Waals surface area contributed by atoms with Crippen molar-refractivity contribution in [1.29, 1.82) is 0 Å².